The summed E-state index contributed by atoms with van der Waals surface area (Å²) in [6.45, 7) is 1.54. The van der Waals surface area contributed by atoms with E-state index in [0.29, 0.717) is 25.4 Å². The Morgan fingerprint density at radius 2 is 2.11 bits per heavy atom. The standard InChI is InChI=1S/C18H18N6O3/c25-17-8-14(20-24(17)12-4-2-1-3-5-12)18(26)22-7-6-16-15(10-22)23-13(11-27-16)9-19-21-23/h1-5,8-9,15-16,20H,6-7,10-11H2. The number of hydrogen-bond donors (Lipinski definition) is 1. The van der Waals surface area contributed by atoms with Crippen LogP contribution in [0.2, 0.25) is 0 Å². The summed E-state index contributed by atoms with van der Waals surface area (Å²) in [5.41, 5.74) is 1.61. The van der Waals surface area contributed by atoms with Crippen LogP contribution in [0.3, 0.4) is 0 Å². The Morgan fingerprint density at radius 1 is 1.26 bits per heavy atom. The van der Waals surface area contributed by atoms with Crippen LogP contribution < -0.4 is 5.56 Å². The SMILES string of the molecule is O=C(c1cc(=O)n(-c2ccccc2)[nH]1)N1CCC2OCc3cnnn3C2C1. The Kier molecular flexibility index (Phi) is 3.68. The van der Waals surface area contributed by atoms with Crippen LogP contribution in [0.1, 0.15) is 28.6 Å². The number of nitrogens with one attached hydrogen (secondary N) is 1. The molecule has 9 heteroatoms. The number of carbonyl (C=O) groups is 1. The fourth-order valence-corrected chi connectivity index (χ4v) is 3.81. The minimum Gasteiger partial charge on any atom is -0.370 e. The lowest BCUT2D eigenvalue weighted by atomic mass is 10.00. The van der Waals surface area contributed by atoms with Gasteiger partial charge in [-0.3, -0.25) is 14.7 Å². The molecular weight excluding hydrogens is 348 g/mol. The molecule has 1 aromatic carbocycles. The normalized spacial score (nSPS) is 21.6. The van der Waals surface area contributed by atoms with Gasteiger partial charge in [0, 0.05) is 19.2 Å². The van der Waals surface area contributed by atoms with Gasteiger partial charge in [-0.2, -0.15) is 0 Å². The van der Waals surface area contributed by atoms with E-state index in [1.807, 2.05) is 35.0 Å². The zero-order valence-corrected chi connectivity index (χ0v) is 14.5. The zero-order valence-electron chi connectivity index (χ0n) is 14.5. The first-order valence-corrected chi connectivity index (χ1v) is 8.88. The summed E-state index contributed by atoms with van der Waals surface area (Å²) in [4.78, 5) is 27.0. The van der Waals surface area contributed by atoms with Crippen LogP contribution >= 0.6 is 0 Å². The first-order valence-electron chi connectivity index (χ1n) is 8.88. The van der Waals surface area contributed by atoms with Crippen LogP contribution in [0.25, 0.3) is 5.69 Å². The van der Waals surface area contributed by atoms with E-state index in [0.717, 1.165) is 12.1 Å². The number of nitrogens with zero attached hydrogens (tertiary/aromatic N) is 5. The number of ether oxygens (including phenoxy) is 1. The molecule has 2 unspecified atom stereocenters. The van der Waals surface area contributed by atoms with Gasteiger partial charge >= 0.3 is 0 Å². The van der Waals surface area contributed by atoms with E-state index in [-0.39, 0.29) is 29.3 Å². The maximum atomic E-state index is 13.0. The van der Waals surface area contributed by atoms with E-state index >= 15 is 0 Å². The first kappa shape index (κ1) is 16.0. The molecule has 3 aromatic rings. The molecule has 1 fully saturated rings. The zero-order chi connectivity index (χ0) is 18.4. The van der Waals surface area contributed by atoms with E-state index in [1.54, 1.807) is 11.1 Å². The van der Waals surface area contributed by atoms with Crippen molar-refractivity contribution in [3.8, 4) is 5.69 Å². The average Bonchev–Trinajstić information content (AvgIpc) is 3.34. The van der Waals surface area contributed by atoms with Gasteiger partial charge in [0.1, 0.15) is 5.69 Å². The summed E-state index contributed by atoms with van der Waals surface area (Å²) < 4.78 is 9.11. The number of para-hydroxylation sites is 1. The smallest absolute Gasteiger partial charge is 0.272 e. The Labute approximate surface area is 154 Å². The largest absolute Gasteiger partial charge is 0.370 e. The van der Waals surface area contributed by atoms with Gasteiger partial charge in [-0.1, -0.05) is 23.4 Å². The molecule has 5 rings (SSSR count). The van der Waals surface area contributed by atoms with Crippen molar-refractivity contribution in [3.63, 3.8) is 0 Å². The fourth-order valence-electron chi connectivity index (χ4n) is 3.81. The van der Waals surface area contributed by atoms with E-state index in [2.05, 4.69) is 15.4 Å². The second-order valence-electron chi connectivity index (χ2n) is 6.81. The van der Waals surface area contributed by atoms with Gasteiger partial charge in [-0.25, -0.2) is 9.36 Å². The van der Waals surface area contributed by atoms with Gasteiger partial charge in [0.05, 0.1) is 36.3 Å². The maximum absolute atomic E-state index is 13.0. The Balaban J connectivity index is 1.40. The first-order chi connectivity index (χ1) is 13.2. The van der Waals surface area contributed by atoms with Crippen molar-refractivity contribution in [2.45, 2.75) is 25.2 Å². The Bertz CT molecular complexity index is 1040. The number of amides is 1. The summed E-state index contributed by atoms with van der Waals surface area (Å²) in [6.07, 6.45) is 2.43. The van der Waals surface area contributed by atoms with Crippen molar-refractivity contribution in [2.24, 2.45) is 0 Å². The van der Waals surface area contributed by atoms with E-state index < -0.39 is 0 Å². The maximum Gasteiger partial charge on any atom is 0.272 e. The molecule has 2 atom stereocenters. The molecule has 0 aliphatic carbocycles. The van der Waals surface area contributed by atoms with Gasteiger partial charge < -0.3 is 9.64 Å². The van der Waals surface area contributed by atoms with Gasteiger partial charge in [0.25, 0.3) is 11.5 Å². The van der Waals surface area contributed by atoms with Crippen molar-refractivity contribution in [1.29, 1.82) is 0 Å². The lowest BCUT2D eigenvalue weighted by molar-refractivity contribution is -0.0605. The number of H-pyrrole nitrogens is 1. The topological polar surface area (TPSA) is 98.0 Å². The summed E-state index contributed by atoms with van der Waals surface area (Å²) >= 11 is 0. The van der Waals surface area contributed by atoms with Crippen LogP contribution in [0, 0.1) is 0 Å². The minimum atomic E-state index is -0.265. The molecule has 9 nitrogen and oxygen atoms in total. The van der Waals surface area contributed by atoms with Crippen LogP contribution in [-0.2, 0) is 11.3 Å². The van der Waals surface area contributed by atoms with Crippen molar-refractivity contribution in [3.05, 3.63) is 64.3 Å². The lowest BCUT2D eigenvalue weighted by Gasteiger charge is -2.40. The molecule has 2 aliphatic rings. The summed E-state index contributed by atoms with van der Waals surface area (Å²) in [5, 5.41) is 11.0. The molecule has 2 aromatic heterocycles. The molecular formula is C18H18N6O3. The van der Waals surface area contributed by atoms with Gasteiger partial charge in [-0.05, 0) is 18.6 Å². The molecule has 0 saturated carbocycles. The number of benzene rings is 1. The highest BCUT2D eigenvalue weighted by atomic mass is 16.5. The number of likely N-dealkylation sites (tertiary alicyclic amines) is 1. The quantitative estimate of drug-likeness (QED) is 0.721. The van der Waals surface area contributed by atoms with E-state index in [4.69, 9.17) is 4.74 Å². The minimum absolute atomic E-state index is 0.0243. The molecule has 4 heterocycles. The molecule has 27 heavy (non-hydrogen) atoms. The van der Waals surface area contributed by atoms with Crippen molar-refractivity contribution < 1.29 is 9.53 Å². The molecule has 1 amide bonds. The van der Waals surface area contributed by atoms with Gasteiger partial charge in [0.2, 0.25) is 0 Å². The summed E-state index contributed by atoms with van der Waals surface area (Å²) in [7, 11) is 0. The molecule has 2 aliphatic heterocycles. The number of aromatic nitrogens is 5. The number of piperidine rings is 1. The highest BCUT2D eigenvalue weighted by Crippen LogP contribution is 2.30. The van der Waals surface area contributed by atoms with Crippen molar-refractivity contribution in [2.75, 3.05) is 13.1 Å². The molecule has 0 bridgehead atoms. The summed E-state index contributed by atoms with van der Waals surface area (Å²) in [5.74, 6) is -0.201. The second-order valence-corrected chi connectivity index (χ2v) is 6.81. The summed E-state index contributed by atoms with van der Waals surface area (Å²) in [6, 6.07) is 10.5. The number of hydrogen-bond acceptors (Lipinski definition) is 5. The number of rotatable bonds is 2. The number of carbonyl (C=O) groups excluding carboxylic acids is 1. The van der Waals surface area contributed by atoms with Crippen molar-refractivity contribution >= 4 is 5.91 Å². The van der Waals surface area contributed by atoms with E-state index in [9.17, 15) is 9.59 Å². The molecule has 1 N–H and O–H groups in total. The molecule has 0 spiro atoms. The van der Waals surface area contributed by atoms with Crippen LogP contribution in [0.15, 0.2) is 47.4 Å². The highest BCUT2D eigenvalue weighted by Gasteiger charge is 2.38. The second kappa shape index (κ2) is 6.20. The predicted octanol–water partition coefficient (Wildman–Crippen LogP) is 0.743. The highest BCUT2D eigenvalue weighted by molar-refractivity contribution is 5.92. The molecule has 138 valence electrons. The third-order valence-electron chi connectivity index (χ3n) is 5.18. The van der Waals surface area contributed by atoms with Crippen molar-refractivity contribution in [1.82, 2.24) is 29.7 Å². The van der Waals surface area contributed by atoms with Crippen LogP contribution in [-0.4, -0.2) is 54.8 Å². The monoisotopic (exact) mass is 366 g/mol. The third-order valence-corrected chi connectivity index (χ3v) is 5.18. The third kappa shape index (κ3) is 2.67. The average molecular weight is 366 g/mol. The Hall–Kier alpha value is -3.20. The van der Waals surface area contributed by atoms with Crippen LogP contribution in [0.5, 0.6) is 0 Å². The number of aromatic amines is 1. The fraction of sp³-hybridized carbons (Fsp3) is 0.333. The molecule has 1 saturated heterocycles. The Morgan fingerprint density at radius 3 is 2.96 bits per heavy atom. The van der Waals surface area contributed by atoms with Gasteiger partial charge in [-0.15, -0.1) is 5.10 Å². The van der Waals surface area contributed by atoms with E-state index in [1.165, 1.54) is 10.7 Å². The lowest BCUT2D eigenvalue weighted by Crippen LogP contribution is -2.50. The molecule has 0 radical (unpaired) electrons. The van der Waals surface area contributed by atoms with Gasteiger partial charge in [0.15, 0.2) is 0 Å². The predicted molar refractivity (Wildman–Crippen MR) is 94.5 cm³/mol. The number of fused-ring (bicyclic) bond motifs is 3. The van der Waals surface area contributed by atoms with Crippen LogP contribution in [0.4, 0.5) is 0 Å².